The molecule has 4 nitrogen and oxygen atoms in total. The molecule has 0 aromatic heterocycles. The van der Waals surface area contributed by atoms with Crippen LogP contribution in [0.25, 0.3) is 0 Å². The van der Waals surface area contributed by atoms with Gasteiger partial charge in [0, 0.05) is 17.5 Å². The fourth-order valence-corrected chi connectivity index (χ4v) is 5.39. The van der Waals surface area contributed by atoms with Crippen molar-refractivity contribution in [3.05, 3.63) is 71.8 Å². The second kappa shape index (κ2) is 7.73. The van der Waals surface area contributed by atoms with Crippen molar-refractivity contribution in [2.75, 3.05) is 0 Å². The standard InChI is InChI=1S/C26H33NO3/c1-24(2,3)30-23(29)27(19-20-10-6-4-7-11-20)25-14-16-26(17-15-25,22(28)18-25)21-12-8-5-9-13-21/h4-13,22,28H,14-19H2,1-3H3. The molecule has 4 heteroatoms. The number of carbonyl (C=O) groups excluding carboxylic acids is 1. The number of aliphatic hydroxyl groups excluding tert-OH is 1. The van der Waals surface area contributed by atoms with E-state index in [4.69, 9.17) is 4.74 Å². The van der Waals surface area contributed by atoms with E-state index >= 15 is 0 Å². The van der Waals surface area contributed by atoms with Crippen LogP contribution < -0.4 is 0 Å². The minimum Gasteiger partial charge on any atom is -0.444 e. The van der Waals surface area contributed by atoms with Crippen molar-refractivity contribution in [2.45, 2.75) is 82.1 Å². The fraction of sp³-hybridized carbons (Fsp3) is 0.500. The molecule has 2 aromatic carbocycles. The van der Waals surface area contributed by atoms with E-state index < -0.39 is 11.7 Å². The first-order valence-corrected chi connectivity index (χ1v) is 11.0. The smallest absolute Gasteiger partial charge is 0.411 e. The number of rotatable bonds is 4. The van der Waals surface area contributed by atoms with Crippen molar-refractivity contribution in [1.29, 1.82) is 0 Å². The molecule has 2 bridgehead atoms. The normalized spacial score (nSPS) is 28.2. The molecule has 3 aliphatic carbocycles. The molecule has 160 valence electrons. The van der Waals surface area contributed by atoms with Crippen LogP contribution in [0.2, 0.25) is 0 Å². The Morgan fingerprint density at radius 1 is 1.00 bits per heavy atom. The highest BCUT2D eigenvalue weighted by Gasteiger charge is 2.58. The van der Waals surface area contributed by atoms with Gasteiger partial charge in [-0.2, -0.15) is 0 Å². The average Bonchev–Trinajstić information content (AvgIpc) is 2.73. The second-order valence-corrected chi connectivity index (χ2v) is 10.0. The number of fused-ring (bicyclic) bond motifs is 3. The molecule has 5 rings (SSSR count). The maximum absolute atomic E-state index is 13.3. The van der Waals surface area contributed by atoms with Crippen molar-refractivity contribution in [1.82, 2.24) is 4.90 Å². The van der Waals surface area contributed by atoms with Crippen LogP contribution in [0.15, 0.2) is 60.7 Å². The summed E-state index contributed by atoms with van der Waals surface area (Å²) >= 11 is 0. The number of nitrogens with zero attached hydrogens (tertiary/aromatic N) is 1. The predicted octanol–water partition coefficient (Wildman–Crippen LogP) is 5.44. The van der Waals surface area contributed by atoms with Gasteiger partial charge in [-0.15, -0.1) is 0 Å². The van der Waals surface area contributed by atoms with Crippen LogP contribution in [-0.2, 0) is 16.7 Å². The lowest BCUT2D eigenvalue weighted by Gasteiger charge is -2.59. The van der Waals surface area contributed by atoms with Crippen molar-refractivity contribution in [2.24, 2.45) is 0 Å². The molecule has 2 aromatic rings. The number of hydrogen-bond donors (Lipinski definition) is 1. The summed E-state index contributed by atoms with van der Waals surface area (Å²) in [5, 5.41) is 11.3. The first-order chi connectivity index (χ1) is 14.2. The molecule has 1 N–H and O–H groups in total. The summed E-state index contributed by atoms with van der Waals surface area (Å²) in [6, 6.07) is 20.5. The van der Waals surface area contributed by atoms with Gasteiger partial charge in [0.15, 0.2) is 0 Å². The topological polar surface area (TPSA) is 49.8 Å². The van der Waals surface area contributed by atoms with Crippen molar-refractivity contribution in [3.63, 3.8) is 0 Å². The van der Waals surface area contributed by atoms with Crippen molar-refractivity contribution in [3.8, 4) is 0 Å². The zero-order valence-corrected chi connectivity index (χ0v) is 18.3. The monoisotopic (exact) mass is 407 g/mol. The van der Waals surface area contributed by atoms with Gasteiger partial charge >= 0.3 is 6.09 Å². The molecular weight excluding hydrogens is 374 g/mol. The Morgan fingerprint density at radius 3 is 2.10 bits per heavy atom. The minimum absolute atomic E-state index is 0.199. The van der Waals surface area contributed by atoms with E-state index in [0.717, 1.165) is 31.2 Å². The van der Waals surface area contributed by atoms with Gasteiger partial charge in [0.25, 0.3) is 0 Å². The third-order valence-electron chi connectivity index (χ3n) is 7.00. The van der Waals surface area contributed by atoms with Gasteiger partial charge in [-0.05, 0) is 64.0 Å². The highest BCUT2D eigenvalue weighted by Crippen LogP contribution is 2.56. The molecule has 3 fully saturated rings. The Bertz CT molecular complexity index is 864. The molecule has 1 amide bonds. The summed E-state index contributed by atoms with van der Waals surface area (Å²) in [6.07, 6.45) is 3.36. The molecule has 0 aliphatic heterocycles. The molecule has 3 saturated carbocycles. The van der Waals surface area contributed by atoms with E-state index in [9.17, 15) is 9.90 Å². The van der Waals surface area contributed by atoms with Crippen molar-refractivity contribution >= 4 is 6.09 Å². The van der Waals surface area contributed by atoms with Gasteiger partial charge in [0.05, 0.1) is 6.10 Å². The first-order valence-electron chi connectivity index (χ1n) is 11.0. The van der Waals surface area contributed by atoms with Crippen LogP contribution in [-0.4, -0.2) is 33.3 Å². The molecule has 0 radical (unpaired) electrons. The SMILES string of the molecule is CC(C)(C)OC(=O)N(Cc1ccccc1)C12CCC(c3ccccc3)(CC1)C(O)C2. The Labute approximate surface area is 179 Å². The zero-order valence-electron chi connectivity index (χ0n) is 18.3. The van der Waals surface area contributed by atoms with Crippen molar-refractivity contribution < 1.29 is 14.6 Å². The summed E-state index contributed by atoms with van der Waals surface area (Å²) in [7, 11) is 0. The average molecular weight is 408 g/mol. The number of hydrogen-bond acceptors (Lipinski definition) is 3. The maximum Gasteiger partial charge on any atom is 0.411 e. The summed E-state index contributed by atoms with van der Waals surface area (Å²) in [4.78, 5) is 15.2. The highest BCUT2D eigenvalue weighted by atomic mass is 16.6. The summed E-state index contributed by atoms with van der Waals surface area (Å²) in [6.45, 7) is 6.21. The van der Waals surface area contributed by atoms with E-state index in [2.05, 4.69) is 24.3 Å². The second-order valence-electron chi connectivity index (χ2n) is 10.0. The highest BCUT2D eigenvalue weighted by molar-refractivity contribution is 5.69. The molecular formula is C26H33NO3. The van der Waals surface area contributed by atoms with Crippen LogP contribution in [0.1, 0.15) is 64.0 Å². The number of aliphatic hydroxyl groups is 1. The van der Waals surface area contributed by atoms with Crippen LogP contribution in [0.5, 0.6) is 0 Å². The summed E-state index contributed by atoms with van der Waals surface area (Å²) in [5.41, 5.74) is 1.18. The predicted molar refractivity (Wildman–Crippen MR) is 118 cm³/mol. The first kappa shape index (κ1) is 20.9. The van der Waals surface area contributed by atoms with E-state index in [0.29, 0.717) is 13.0 Å². The minimum atomic E-state index is -0.557. The zero-order chi connectivity index (χ0) is 21.4. The van der Waals surface area contributed by atoms with E-state index in [-0.39, 0.29) is 17.0 Å². The molecule has 0 heterocycles. The van der Waals surface area contributed by atoms with Crippen LogP contribution >= 0.6 is 0 Å². The number of carbonyl (C=O) groups is 1. The Balaban J connectivity index is 1.64. The lowest BCUT2D eigenvalue weighted by Crippen LogP contribution is -2.64. The van der Waals surface area contributed by atoms with Gasteiger partial charge in [-0.25, -0.2) is 4.79 Å². The van der Waals surface area contributed by atoms with Crippen LogP contribution in [0.3, 0.4) is 0 Å². The van der Waals surface area contributed by atoms with Crippen LogP contribution in [0, 0.1) is 0 Å². The molecule has 3 aliphatic rings. The lowest BCUT2D eigenvalue weighted by molar-refractivity contribution is -0.102. The van der Waals surface area contributed by atoms with E-state index in [1.165, 1.54) is 5.56 Å². The van der Waals surface area contributed by atoms with Gasteiger partial charge in [0.2, 0.25) is 0 Å². The lowest BCUT2D eigenvalue weighted by atomic mass is 9.53. The number of ether oxygens (including phenoxy) is 1. The van der Waals surface area contributed by atoms with Gasteiger partial charge in [-0.1, -0.05) is 60.7 Å². The molecule has 0 saturated heterocycles. The fourth-order valence-electron chi connectivity index (χ4n) is 5.39. The Hall–Kier alpha value is -2.33. The van der Waals surface area contributed by atoms with E-state index in [1.54, 1.807) is 0 Å². The number of benzene rings is 2. The molecule has 1 unspecified atom stereocenters. The van der Waals surface area contributed by atoms with Gasteiger partial charge in [-0.3, -0.25) is 4.90 Å². The largest absolute Gasteiger partial charge is 0.444 e. The molecule has 1 atom stereocenters. The summed E-state index contributed by atoms with van der Waals surface area (Å²) < 4.78 is 5.82. The quantitative estimate of drug-likeness (QED) is 0.734. The third kappa shape index (κ3) is 3.85. The Morgan fingerprint density at radius 2 is 1.57 bits per heavy atom. The van der Waals surface area contributed by atoms with Gasteiger partial charge in [0.1, 0.15) is 5.60 Å². The summed E-state index contributed by atoms with van der Waals surface area (Å²) in [5.74, 6) is 0. The van der Waals surface area contributed by atoms with Gasteiger partial charge < -0.3 is 9.84 Å². The van der Waals surface area contributed by atoms with E-state index in [1.807, 2.05) is 62.1 Å². The molecule has 0 spiro atoms. The van der Waals surface area contributed by atoms with Crippen LogP contribution in [0.4, 0.5) is 4.79 Å². The third-order valence-corrected chi connectivity index (χ3v) is 7.00. The number of amides is 1. The Kier molecular flexibility index (Phi) is 5.39. The maximum atomic E-state index is 13.3. The molecule has 30 heavy (non-hydrogen) atoms.